The Morgan fingerprint density at radius 1 is 1.33 bits per heavy atom. The molecule has 21 heavy (non-hydrogen) atoms. The molecule has 1 fully saturated rings. The molecule has 1 aliphatic heterocycles. The van der Waals surface area contributed by atoms with Crippen LogP contribution in [0.15, 0.2) is 24.3 Å². The molecule has 1 aromatic rings. The van der Waals surface area contributed by atoms with E-state index in [1.165, 1.54) is 0 Å². The van der Waals surface area contributed by atoms with Gasteiger partial charge in [-0.1, -0.05) is 18.2 Å². The zero-order chi connectivity index (χ0) is 15.3. The lowest BCUT2D eigenvalue weighted by Crippen LogP contribution is -2.46. The standard InChI is InChI=1S/C16H26N2O3/c1-16(20)6-8-18(9-7-16)11-14(19)12-21-15-5-3-2-4-13(15)10-17/h2-5,14,19-20H,6-12,17H2,1H3. The normalized spacial score (nSPS) is 20.2. The molecule has 0 aromatic heterocycles. The van der Waals surface area contributed by atoms with E-state index >= 15 is 0 Å². The minimum Gasteiger partial charge on any atom is -0.491 e. The van der Waals surface area contributed by atoms with Gasteiger partial charge in [0.25, 0.3) is 0 Å². The SMILES string of the molecule is CC1(O)CCN(CC(O)COc2ccccc2CN)CC1. The van der Waals surface area contributed by atoms with Gasteiger partial charge < -0.3 is 25.6 Å². The van der Waals surface area contributed by atoms with E-state index in [4.69, 9.17) is 10.5 Å². The number of hydrogen-bond acceptors (Lipinski definition) is 5. The van der Waals surface area contributed by atoms with Gasteiger partial charge in [0, 0.05) is 31.7 Å². The van der Waals surface area contributed by atoms with Gasteiger partial charge in [0.1, 0.15) is 18.5 Å². The average Bonchev–Trinajstić information content (AvgIpc) is 2.47. The fourth-order valence-corrected chi connectivity index (χ4v) is 2.57. The Bertz CT molecular complexity index is 441. The molecule has 5 heteroatoms. The second kappa shape index (κ2) is 7.22. The van der Waals surface area contributed by atoms with Crippen LogP contribution in [0.4, 0.5) is 0 Å². The monoisotopic (exact) mass is 294 g/mol. The number of rotatable bonds is 6. The summed E-state index contributed by atoms with van der Waals surface area (Å²) in [6.45, 7) is 4.73. The molecule has 1 heterocycles. The smallest absolute Gasteiger partial charge is 0.123 e. The van der Waals surface area contributed by atoms with Gasteiger partial charge in [-0.2, -0.15) is 0 Å². The van der Waals surface area contributed by atoms with Crippen LogP contribution < -0.4 is 10.5 Å². The second-order valence-corrected chi connectivity index (χ2v) is 6.07. The Kier molecular flexibility index (Phi) is 5.58. The molecule has 0 spiro atoms. The summed E-state index contributed by atoms with van der Waals surface area (Å²) >= 11 is 0. The third kappa shape index (κ3) is 4.97. The fourth-order valence-electron chi connectivity index (χ4n) is 2.57. The number of piperidine rings is 1. The Morgan fingerprint density at radius 2 is 2.00 bits per heavy atom. The number of β-amino-alcohol motifs (C(OH)–C–C–N with tert-alkyl or cyclic N) is 1. The van der Waals surface area contributed by atoms with Gasteiger partial charge in [-0.05, 0) is 25.8 Å². The molecule has 0 saturated carbocycles. The number of benzene rings is 1. The van der Waals surface area contributed by atoms with Crippen molar-refractivity contribution in [2.45, 2.75) is 38.0 Å². The van der Waals surface area contributed by atoms with Crippen LogP contribution >= 0.6 is 0 Å². The predicted molar refractivity (Wildman–Crippen MR) is 82.1 cm³/mol. The highest BCUT2D eigenvalue weighted by Crippen LogP contribution is 2.21. The molecular formula is C16H26N2O3. The quantitative estimate of drug-likeness (QED) is 0.721. The van der Waals surface area contributed by atoms with Crippen LogP contribution in [0.2, 0.25) is 0 Å². The first-order valence-corrected chi connectivity index (χ1v) is 7.54. The van der Waals surface area contributed by atoms with Crippen LogP contribution in [-0.2, 0) is 6.54 Å². The molecule has 0 radical (unpaired) electrons. The highest BCUT2D eigenvalue weighted by atomic mass is 16.5. The van der Waals surface area contributed by atoms with Gasteiger partial charge in [0.15, 0.2) is 0 Å². The zero-order valence-electron chi connectivity index (χ0n) is 12.7. The number of ether oxygens (including phenoxy) is 1. The average molecular weight is 294 g/mol. The van der Waals surface area contributed by atoms with Gasteiger partial charge in [-0.25, -0.2) is 0 Å². The maximum atomic E-state index is 10.1. The summed E-state index contributed by atoms with van der Waals surface area (Å²) in [6.07, 6.45) is 0.951. The summed E-state index contributed by atoms with van der Waals surface area (Å²) in [5.41, 5.74) is 6.04. The summed E-state index contributed by atoms with van der Waals surface area (Å²) in [6, 6.07) is 7.61. The third-order valence-electron chi connectivity index (χ3n) is 4.03. The number of aliphatic hydroxyl groups excluding tert-OH is 1. The number of likely N-dealkylation sites (tertiary alicyclic amines) is 1. The summed E-state index contributed by atoms with van der Waals surface area (Å²) < 4.78 is 5.67. The molecule has 1 unspecified atom stereocenters. The minimum atomic E-state index is -0.558. The number of nitrogens with zero attached hydrogens (tertiary/aromatic N) is 1. The van der Waals surface area contributed by atoms with E-state index in [9.17, 15) is 10.2 Å². The maximum absolute atomic E-state index is 10.1. The predicted octanol–water partition coefficient (Wildman–Crippen LogP) is 0.732. The Morgan fingerprint density at radius 3 is 2.67 bits per heavy atom. The van der Waals surface area contributed by atoms with Crippen molar-refractivity contribution in [3.05, 3.63) is 29.8 Å². The Labute approximate surface area is 126 Å². The Hall–Kier alpha value is -1.14. The van der Waals surface area contributed by atoms with Gasteiger partial charge >= 0.3 is 0 Å². The number of para-hydroxylation sites is 1. The zero-order valence-corrected chi connectivity index (χ0v) is 12.7. The highest BCUT2D eigenvalue weighted by Gasteiger charge is 2.28. The fraction of sp³-hybridized carbons (Fsp3) is 0.625. The lowest BCUT2D eigenvalue weighted by molar-refractivity contribution is -0.0201. The van der Waals surface area contributed by atoms with Crippen molar-refractivity contribution >= 4 is 0 Å². The van der Waals surface area contributed by atoms with Crippen molar-refractivity contribution in [3.8, 4) is 5.75 Å². The van der Waals surface area contributed by atoms with Crippen molar-refractivity contribution in [1.82, 2.24) is 4.90 Å². The van der Waals surface area contributed by atoms with Gasteiger partial charge in [0.2, 0.25) is 0 Å². The summed E-state index contributed by atoms with van der Waals surface area (Å²) in [4.78, 5) is 2.17. The molecule has 0 amide bonds. The van der Waals surface area contributed by atoms with Crippen molar-refractivity contribution in [3.63, 3.8) is 0 Å². The van der Waals surface area contributed by atoms with Crippen LogP contribution in [0.3, 0.4) is 0 Å². The third-order valence-corrected chi connectivity index (χ3v) is 4.03. The lowest BCUT2D eigenvalue weighted by Gasteiger charge is -2.36. The second-order valence-electron chi connectivity index (χ2n) is 6.07. The van der Waals surface area contributed by atoms with E-state index < -0.39 is 11.7 Å². The molecule has 2 rings (SSSR count). The van der Waals surface area contributed by atoms with E-state index in [1.807, 2.05) is 31.2 Å². The van der Waals surface area contributed by atoms with Crippen molar-refractivity contribution in [1.29, 1.82) is 0 Å². The van der Waals surface area contributed by atoms with E-state index in [0.717, 1.165) is 37.2 Å². The molecule has 0 aliphatic carbocycles. The number of aliphatic hydroxyl groups is 2. The summed E-state index contributed by atoms with van der Waals surface area (Å²) in [5, 5.41) is 20.0. The molecule has 1 atom stereocenters. The van der Waals surface area contributed by atoms with Crippen LogP contribution in [0, 0.1) is 0 Å². The minimum absolute atomic E-state index is 0.254. The summed E-state index contributed by atoms with van der Waals surface area (Å²) in [7, 11) is 0. The van der Waals surface area contributed by atoms with Gasteiger partial charge in [-0.3, -0.25) is 0 Å². The molecule has 5 nitrogen and oxygen atoms in total. The highest BCUT2D eigenvalue weighted by molar-refractivity contribution is 5.32. The molecular weight excluding hydrogens is 268 g/mol. The van der Waals surface area contributed by atoms with Crippen molar-refractivity contribution in [2.24, 2.45) is 5.73 Å². The van der Waals surface area contributed by atoms with Crippen molar-refractivity contribution < 1.29 is 14.9 Å². The maximum Gasteiger partial charge on any atom is 0.123 e. The molecule has 4 N–H and O–H groups in total. The van der Waals surface area contributed by atoms with Gasteiger partial charge in [-0.15, -0.1) is 0 Å². The Balaban J connectivity index is 1.76. The first kappa shape index (κ1) is 16.2. The number of nitrogens with two attached hydrogens (primary N) is 1. The van der Waals surface area contributed by atoms with E-state index in [-0.39, 0.29) is 6.61 Å². The largest absolute Gasteiger partial charge is 0.491 e. The summed E-state index contributed by atoms with van der Waals surface area (Å²) in [5.74, 6) is 0.737. The first-order valence-electron chi connectivity index (χ1n) is 7.54. The van der Waals surface area contributed by atoms with E-state index in [0.29, 0.717) is 13.1 Å². The molecule has 1 aromatic carbocycles. The topological polar surface area (TPSA) is 79.0 Å². The van der Waals surface area contributed by atoms with Gasteiger partial charge in [0.05, 0.1) is 5.60 Å². The number of hydrogen-bond donors (Lipinski definition) is 3. The van der Waals surface area contributed by atoms with Crippen molar-refractivity contribution in [2.75, 3.05) is 26.2 Å². The molecule has 1 aliphatic rings. The van der Waals surface area contributed by atoms with Crippen LogP contribution in [0.5, 0.6) is 5.75 Å². The van der Waals surface area contributed by atoms with E-state index in [1.54, 1.807) is 0 Å². The first-order chi connectivity index (χ1) is 10.00. The van der Waals surface area contributed by atoms with Crippen LogP contribution in [0.25, 0.3) is 0 Å². The van der Waals surface area contributed by atoms with E-state index in [2.05, 4.69) is 4.90 Å². The molecule has 1 saturated heterocycles. The lowest BCUT2D eigenvalue weighted by atomic mass is 9.94. The molecule has 118 valence electrons. The molecule has 0 bridgehead atoms. The van der Waals surface area contributed by atoms with Crippen LogP contribution in [0.1, 0.15) is 25.3 Å². The van der Waals surface area contributed by atoms with Crippen LogP contribution in [-0.4, -0.2) is 53.1 Å².